The summed E-state index contributed by atoms with van der Waals surface area (Å²) in [6.45, 7) is 7.06. The first-order valence-electron chi connectivity index (χ1n) is 9.44. The predicted molar refractivity (Wildman–Crippen MR) is 119 cm³/mol. The molecule has 29 heavy (non-hydrogen) atoms. The molecule has 3 rings (SSSR count). The van der Waals surface area contributed by atoms with Gasteiger partial charge in [0, 0.05) is 29.9 Å². The highest BCUT2D eigenvalue weighted by Gasteiger charge is 2.12. The summed E-state index contributed by atoms with van der Waals surface area (Å²) >= 11 is 0. The highest BCUT2D eigenvalue weighted by Crippen LogP contribution is 2.34. The third-order valence-electron chi connectivity index (χ3n) is 4.62. The van der Waals surface area contributed by atoms with Crippen LogP contribution in [0.5, 0.6) is 0 Å². The van der Waals surface area contributed by atoms with E-state index in [4.69, 9.17) is 0 Å². The minimum Gasteiger partial charge on any atom is -0.311 e. The van der Waals surface area contributed by atoms with Gasteiger partial charge in [0.2, 0.25) is 0 Å². The monoisotopic (exact) mass is 381 g/mol. The molecule has 3 nitrogen and oxygen atoms in total. The van der Waals surface area contributed by atoms with Gasteiger partial charge in [-0.25, -0.2) is 0 Å². The van der Waals surface area contributed by atoms with E-state index in [1.165, 1.54) is 12.2 Å². The fraction of sp³-hybridized carbons (Fsp3) is 0.0769. The third kappa shape index (κ3) is 5.17. The van der Waals surface area contributed by atoms with E-state index in [1.807, 2.05) is 78.9 Å². The van der Waals surface area contributed by atoms with Gasteiger partial charge in [-0.3, -0.25) is 9.59 Å². The SMILES string of the molecule is C=CC(=O)Cc1ccc(N(c2ccccc2)c2ccc(CC(=O)C=C)cc2)cc1. The van der Waals surface area contributed by atoms with Crippen molar-refractivity contribution in [2.75, 3.05) is 4.90 Å². The Morgan fingerprint density at radius 1 is 0.621 bits per heavy atom. The number of carbonyl (C=O) groups excluding carboxylic acids is 2. The Balaban J connectivity index is 1.93. The van der Waals surface area contributed by atoms with Crippen molar-refractivity contribution in [3.8, 4) is 0 Å². The lowest BCUT2D eigenvalue weighted by molar-refractivity contribution is -0.114. The molecule has 0 radical (unpaired) electrons. The molecule has 0 saturated carbocycles. The molecule has 0 aliphatic rings. The van der Waals surface area contributed by atoms with Crippen LogP contribution in [0.4, 0.5) is 17.1 Å². The fourth-order valence-corrected chi connectivity index (χ4v) is 3.10. The van der Waals surface area contributed by atoms with Crippen molar-refractivity contribution in [3.63, 3.8) is 0 Å². The number of hydrogen-bond acceptors (Lipinski definition) is 3. The van der Waals surface area contributed by atoms with Crippen LogP contribution in [-0.2, 0) is 22.4 Å². The van der Waals surface area contributed by atoms with Crippen molar-refractivity contribution in [2.24, 2.45) is 0 Å². The molecule has 0 saturated heterocycles. The van der Waals surface area contributed by atoms with Crippen LogP contribution in [0.15, 0.2) is 104 Å². The van der Waals surface area contributed by atoms with E-state index in [2.05, 4.69) is 18.1 Å². The van der Waals surface area contributed by atoms with Crippen LogP contribution >= 0.6 is 0 Å². The lowest BCUT2D eigenvalue weighted by atomic mass is 10.1. The van der Waals surface area contributed by atoms with E-state index in [0.29, 0.717) is 12.8 Å². The first-order valence-corrected chi connectivity index (χ1v) is 9.44. The molecule has 3 aromatic rings. The molecule has 0 heterocycles. The van der Waals surface area contributed by atoms with E-state index >= 15 is 0 Å². The number of para-hydroxylation sites is 1. The van der Waals surface area contributed by atoms with Crippen LogP contribution in [0.25, 0.3) is 0 Å². The lowest BCUT2D eigenvalue weighted by Gasteiger charge is -2.25. The van der Waals surface area contributed by atoms with Crippen molar-refractivity contribution in [1.29, 1.82) is 0 Å². The molecule has 144 valence electrons. The summed E-state index contributed by atoms with van der Waals surface area (Å²) in [6, 6.07) is 25.9. The average Bonchev–Trinajstić information content (AvgIpc) is 2.77. The zero-order chi connectivity index (χ0) is 20.6. The summed E-state index contributed by atoms with van der Waals surface area (Å²) in [6.07, 6.45) is 3.40. The summed E-state index contributed by atoms with van der Waals surface area (Å²) in [5.41, 5.74) is 4.90. The zero-order valence-electron chi connectivity index (χ0n) is 16.3. The van der Waals surface area contributed by atoms with E-state index in [0.717, 1.165) is 28.2 Å². The average molecular weight is 381 g/mol. The highest BCUT2D eigenvalue weighted by molar-refractivity contribution is 5.91. The fourth-order valence-electron chi connectivity index (χ4n) is 3.10. The molecule has 0 aromatic heterocycles. The Morgan fingerprint density at radius 2 is 1.00 bits per heavy atom. The maximum atomic E-state index is 11.6. The molecule has 3 heteroatoms. The van der Waals surface area contributed by atoms with Gasteiger partial charge in [0.15, 0.2) is 11.6 Å². The molecule has 0 aliphatic heterocycles. The molecule has 3 aromatic carbocycles. The van der Waals surface area contributed by atoms with Crippen molar-refractivity contribution in [2.45, 2.75) is 12.8 Å². The van der Waals surface area contributed by atoms with Crippen LogP contribution in [0.1, 0.15) is 11.1 Å². The second-order valence-electron chi connectivity index (χ2n) is 6.70. The van der Waals surface area contributed by atoms with Crippen LogP contribution in [0.3, 0.4) is 0 Å². The minimum absolute atomic E-state index is 0.00215. The van der Waals surface area contributed by atoms with Gasteiger partial charge >= 0.3 is 0 Å². The van der Waals surface area contributed by atoms with E-state index in [9.17, 15) is 9.59 Å². The number of rotatable bonds is 9. The number of benzene rings is 3. The van der Waals surface area contributed by atoms with Crippen LogP contribution in [0.2, 0.25) is 0 Å². The standard InChI is InChI=1S/C26H23NO2/c1-3-25(28)18-20-10-14-23(15-11-20)27(22-8-6-5-7-9-22)24-16-12-21(13-17-24)19-26(29)4-2/h3-17H,1-2,18-19H2. The first-order chi connectivity index (χ1) is 14.1. The van der Waals surface area contributed by atoms with Crippen molar-refractivity contribution in [1.82, 2.24) is 0 Å². The summed E-state index contributed by atoms with van der Waals surface area (Å²) in [5.74, 6) is 0.00431. The Kier molecular flexibility index (Phi) is 6.54. The zero-order valence-corrected chi connectivity index (χ0v) is 16.3. The van der Waals surface area contributed by atoms with Gasteiger partial charge in [-0.05, 0) is 59.7 Å². The van der Waals surface area contributed by atoms with Crippen molar-refractivity contribution in [3.05, 3.63) is 115 Å². The lowest BCUT2D eigenvalue weighted by Crippen LogP contribution is -2.10. The van der Waals surface area contributed by atoms with Gasteiger partial charge in [0.25, 0.3) is 0 Å². The molecule has 0 amide bonds. The van der Waals surface area contributed by atoms with Crippen LogP contribution in [-0.4, -0.2) is 11.6 Å². The van der Waals surface area contributed by atoms with E-state index < -0.39 is 0 Å². The molecule has 0 fully saturated rings. The predicted octanol–water partition coefficient (Wildman–Crippen LogP) is 5.75. The van der Waals surface area contributed by atoms with Crippen molar-refractivity contribution >= 4 is 28.6 Å². The van der Waals surface area contributed by atoms with E-state index in [1.54, 1.807) is 0 Å². The summed E-state index contributed by atoms with van der Waals surface area (Å²) < 4.78 is 0. The topological polar surface area (TPSA) is 37.4 Å². The molecule has 0 atom stereocenters. The summed E-state index contributed by atoms with van der Waals surface area (Å²) in [4.78, 5) is 25.4. The Bertz CT molecular complexity index is 937. The quantitative estimate of drug-likeness (QED) is 0.443. The number of nitrogens with zero attached hydrogens (tertiary/aromatic N) is 1. The van der Waals surface area contributed by atoms with Gasteiger partial charge in [-0.1, -0.05) is 55.6 Å². The number of allylic oxidation sites excluding steroid dienone is 2. The number of carbonyl (C=O) groups is 2. The largest absolute Gasteiger partial charge is 0.311 e. The van der Waals surface area contributed by atoms with Gasteiger partial charge in [0.1, 0.15) is 0 Å². The van der Waals surface area contributed by atoms with Gasteiger partial charge in [0.05, 0.1) is 0 Å². The third-order valence-corrected chi connectivity index (χ3v) is 4.62. The van der Waals surface area contributed by atoms with E-state index in [-0.39, 0.29) is 11.6 Å². The Labute approximate surface area is 171 Å². The number of ketones is 2. The maximum absolute atomic E-state index is 11.6. The number of hydrogen-bond donors (Lipinski definition) is 0. The van der Waals surface area contributed by atoms with Gasteiger partial charge < -0.3 is 4.90 Å². The molecular formula is C26H23NO2. The van der Waals surface area contributed by atoms with Crippen LogP contribution < -0.4 is 4.90 Å². The first kappa shape index (κ1) is 20.0. The normalized spacial score (nSPS) is 10.2. The molecule has 0 spiro atoms. The second kappa shape index (κ2) is 9.47. The molecule has 0 aliphatic carbocycles. The molecule has 0 unspecified atom stereocenters. The molecular weight excluding hydrogens is 358 g/mol. The summed E-state index contributed by atoms with van der Waals surface area (Å²) in [7, 11) is 0. The molecule has 0 N–H and O–H groups in total. The Morgan fingerprint density at radius 3 is 1.38 bits per heavy atom. The second-order valence-corrected chi connectivity index (χ2v) is 6.70. The molecule has 0 bridgehead atoms. The smallest absolute Gasteiger partial charge is 0.159 e. The van der Waals surface area contributed by atoms with Crippen molar-refractivity contribution < 1.29 is 9.59 Å². The van der Waals surface area contributed by atoms with Gasteiger partial charge in [-0.15, -0.1) is 0 Å². The Hall–Kier alpha value is -3.72. The number of anilines is 3. The maximum Gasteiger partial charge on any atom is 0.159 e. The highest BCUT2D eigenvalue weighted by atomic mass is 16.1. The van der Waals surface area contributed by atoms with Crippen LogP contribution in [0, 0.1) is 0 Å². The summed E-state index contributed by atoms with van der Waals surface area (Å²) in [5, 5.41) is 0. The minimum atomic E-state index is 0.00215. The van der Waals surface area contributed by atoms with Gasteiger partial charge in [-0.2, -0.15) is 0 Å².